The molecule has 1 aromatic heterocycles. The summed E-state index contributed by atoms with van der Waals surface area (Å²) in [6, 6.07) is 0. The van der Waals surface area contributed by atoms with Crippen LogP contribution in [0.4, 0.5) is 0 Å². The van der Waals surface area contributed by atoms with Gasteiger partial charge >= 0.3 is 0 Å². The van der Waals surface area contributed by atoms with E-state index in [1.165, 1.54) is 0 Å². The van der Waals surface area contributed by atoms with Gasteiger partial charge in [-0.2, -0.15) is 5.10 Å². The largest absolute Gasteiger partial charge is 0.481 e. The van der Waals surface area contributed by atoms with Crippen molar-refractivity contribution in [1.82, 2.24) is 14.7 Å². The summed E-state index contributed by atoms with van der Waals surface area (Å²) in [6.07, 6.45) is 1.83. The average Bonchev–Trinajstić information content (AvgIpc) is 2.54. The lowest BCUT2D eigenvalue weighted by Gasteiger charge is -2.19. The van der Waals surface area contributed by atoms with Gasteiger partial charge in [0, 0.05) is 26.7 Å². The first kappa shape index (κ1) is 13.7. The molecule has 1 rings (SSSR count). The predicted molar refractivity (Wildman–Crippen MR) is 67.1 cm³/mol. The fraction of sp³-hybridized carbons (Fsp3) is 0.583. The van der Waals surface area contributed by atoms with Crippen molar-refractivity contribution in [2.24, 2.45) is 7.05 Å². The van der Waals surface area contributed by atoms with Gasteiger partial charge in [-0.1, -0.05) is 6.08 Å². The second-order valence-electron chi connectivity index (χ2n) is 3.94. The highest BCUT2D eigenvalue weighted by Crippen LogP contribution is 2.22. The molecule has 0 amide bonds. The Hall–Kier alpha value is -1.33. The predicted octanol–water partition coefficient (Wildman–Crippen LogP) is 0.717. The lowest BCUT2D eigenvalue weighted by atomic mass is 10.2. The highest BCUT2D eigenvalue weighted by atomic mass is 16.5. The second kappa shape index (κ2) is 6.42. The van der Waals surface area contributed by atoms with Gasteiger partial charge in [-0.15, -0.1) is 6.58 Å². The van der Waals surface area contributed by atoms with Crippen molar-refractivity contribution in [3.05, 3.63) is 23.9 Å². The van der Waals surface area contributed by atoms with Crippen molar-refractivity contribution in [3.63, 3.8) is 0 Å². The number of aryl methyl sites for hydroxylation is 2. The highest BCUT2D eigenvalue weighted by Gasteiger charge is 2.16. The summed E-state index contributed by atoms with van der Waals surface area (Å²) in [7, 11) is 3.50. The van der Waals surface area contributed by atoms with Gasteiger partial charge in [0.05, 0.1) is 25.0 Å². The van der Waals surface area contributed by atoms with E-state index in [2.05, 4.69) is 16.6 Å². The van der Waals surface area contributed by atoms with Crippen LogP contribution in [-0.4, -0.2) is 46.6 Å². The molecule has 0 unspecified atom stereocenters. The number of rotatable bonds is 7. The summed E-state index contributed by atoms with van der Waals surface area (Å²) < 4.78 is 7.07. The van der Waals surface area contributed by atoms with E-state index in [0.29, 0.717) is 13.1 Å². The summed E-state index contributed by atoms with van der Waals surface area (Å²) in [4.78, 5) is 2.10. The third-order valence-electron chi connectivity index (χ3n) is 2.67. The molecule has 0 aliphatic heterocycles. The zero-order valence-corrected chi connectivity index (χ0v) is 10.8. The quantitative estimate of drug-likeness (QED) is 0.712. The summed E-state index contributed by atoms with van der Waals surface area (Å²) >= 11 is 0. The standard InChI is InChI=1S/C12H21N3O2/c1-5-6-15(7-8-16)9-11-10(2)13-14(3)12(11)17-4/h5,16H,1,6-9H2,2-4H3. The summed E-state index contributed by atoms with van der Waals surface area (Å²) in [5.74, 6) is 0.773. The molecular formula is C12H21N3O2. The van der Waals surface area contributed by atoms with Crippen LogP contribution in [0.15, 0.2) is 12.7 Å². The van der Waals surface area contributed by atoms with Crippen molar-refractivity contribution < 1.29 is 9.84 Å². The minimum Gasteiger partial charge on any atom is -0.481 e. The molecule has 0 saturated carbocycles. The van der Waals surface area contributed by atoms with Crippen LogP contribution in [0.1, 0.15) is 11.3 Å². The van der Waals surface area contributed by atoms with E-state index in [0.717, 1.165) is 23.7 Å². The Labute approximate surface area is 102 Å². The molecule has 0 spiro atoms. The highest BCUT2D eigenvalue weighted by molar-refractivity contribution is 5.30. The molecule has 0 atom stereocenters. The number of aliphatic hydroxyl groups is 1. The molecule has 0 saturated heterocycles. The Balaban J connectivity index is 2.87. The zero-order chi connectivity index (χ0) is 12.8. The molecule has 1 heterocycles. The number of aromatic nitrogens is 2. The van der Waals surface area contributed by atoms with E-state index in [-0.39, 0.29) is 6.61 Å². The lowest BCUT2D eigenvalue weighted by molar-refractivity contribution is 0.201. The Morgan fingerprint density at radius 1 is 1.59 bits per heavy atom. The van der Waals surface area contributed by atoms with Gasteiger partial charge in [0.15, 0.2) is 0 Å². The molecule has 0 bridgehead atoms. The molecule has 0 fully saturated rings. The number of hydrogen-bond donors (Lipinski definition) is 1. The monoisotopic (exact) mass is 239 g/mol. The van der Waals surface area contributed by atoms with E-state index in [9.17, 15) is 0 Å². The van der Waals surface area contributed by atoms with E-state index in [4.69, 9.17) is 9.84 Å². The van der Waals surface area contributed by atoms with Crippen LogP contribution in [0.2, 0.25) is 0 Å². The topological polar surface area (TPSA) is 50.5 Å². The van der Waals surface area contributed by atoms with Crippen molar-refractivity contribution in [3.8, 4) is 5.88 Å². The number of aliphatic hydroxyl groups excluding tert-OH is 1. The number of methoxy groups -OCH3 is 1. The van der Waals surface area contributed by atoms with Crippen LogP contribution in [0, 0.1) is 6.92 Å². The van der Waals surface area contributed by atoms with Gasteiger partial charge in [0.2, 0.25) is 5.88 Å². The molecule has 0 aromatic carbocycles. The van der Waals surface area contributed by atoms with Crippen LogP contribution >= 0.6 is 0 Å². The Kier molecular flexibility index (Phi) is 5.18. The van der Waals surface area contributed by atoms with E-state index in [1.807, 2.05) is 20.0 Å². The fourth-order valence-electron chi connectivity index (χ4n) is 1.90. The van der Waals surface area contributed by atoms with Gasteiger partial charge in [-0.25, -0.2) is 4.68 Å². The van der Waals surface area contributed by atoms with Crippen molar-refractivity contribution in [1.29, 1.82) is 0 Å². The molecule has 1 N–H and O–H groups in total. The van der Waals surface area contributed by atoms with Gasteiger partial charge in [-0.3, -0.25) is 4.90 Å². The minimum atomic E-state index is 0.134. The number of ether oxygens (including phenoxy) is 1. The minimum absolute atomic E-state index is 0.134. The molecule has 96 valence electrons. The number of hydrogen-bond acceptors (Lipinski definition) is 4. The molecule has 0 aliphatic rings. The van der Waals surface area contributed by atoms with Crippen LogP contribution in [0.5, 0.6) is 5.88 Å². The maximum Gasteiger partial charge on any atom is 0.216 e. The Bertz CT molecular complexity index is 374. The fourth-order valence-corrected chi connectivity index (χ4v) is 1.90. The third kappa shape index (κ3) is 3.31. The van der Waals surface area contributed by atoms with Crippen LogP contribution in [0.3, 0.4) is 0 Å². The molecule has 0 aliphatic carbocycles. The first-order chi connectivity index (χ1) is 8.13. The van der Waals surface area contributed by atoms with Crippen molar-refractivity contribution in [2.75, 3.05) is 26.8 Å². The zero-order valence-electron chi connectivity index (χ0n) is 10.8. The van der Waals surface area contributed by atoms with E-state index < -0.39 is 0 Å². The van der Waals surface area contributed by atoms with Crippen molar-refractivity contribution >= 4 is 0 Å². The van der Waals surface area contributed by atoms with Crippen molar-refractivity contribution in [2.45, 2.75) is 13.5 Å². The SMILES string of the molecule is C=CCN(CCO)Cc1c(C)nn(C)c1OC. The molecule has 5 heteroatoms. The molecular weight excluding hydrogens is 218 g/mol. The molecule has 5 nitrogen and oxygen atoms in total. The number of nitrogens with zero attached hydrogens (tertiary/aromatic N) is 3. The Morgan fingerprint density at radius 3 is 2.82 bits per heavy atom. The van der Waals surface area contributed by atoms with Gasteiger partial charge in [0.1, 0.15) is 0 Å². The second-order valence-corrected chi connectivity index (χ2v) is 3.94. The lowest BCUT2D eigenvalue weighted by Crippen LogP contribution is -2.27. The average molecular weight is 239 g/mol. The summed E-state index contributed by atoms with van der Waals surface area (Å²) in [5.41, 5.74) is 2.02. The van der Waals surface area contributed by atoms with Gasteiger partial charge in [-0.05, 0) is 6.92 Å². The molecule has 1 aromatic rings. The first-order valence-electron chi connectivity index (χ1n) is 5.64. The van der Waals surface area contributed by atoms with Gasteiger partial charge < -0.3 is 9.84 Å². The molecule has 17 heavy (non-hydrogen) atoms. The van der Waals surface area contributed by atoms with Gasteiger partial charge in [0.25, 0.3) is 0 Å². The van der Waals surface area contributed by atoms with E-state index >= 15 is 0 Å². The maximum absolute atomic E-state index is 9.01. The smallest absolute Gasteiger partial charge is 0.216 e. The summed E-state index contributed by atoms with van der Waals surface area (Å²) in [5, 5.41) is 13.3. The van der Waals surface area contributed by atoms with Crippen LogP contribution in [-0.2, 0) is 13.6 Å². The Morgan fingerprint density at radius 2 is 2.29 bits per heavy atom. The normalized spacial score (nSPS) is 10.9. The third-order valence-corrected chi connectivity index (χ3v) is 2.67. The van der Waals surface area contributed by atoms with Crippen LogP contribution < -0.4 is 4.74 Å². The van der Waals surface area contributed by atoms with E-state index in [1.54, 1.807) is 11.8 Å². The van der Waals surface area contributed by atoms with Crippen LogP contribution in [0.25, 0.3) is 0 Å². The first-order valence-corrected chi connectivity index (χ1v) is 5.64. The summed E-state index contributed by atoms with van der Waals surface area (Å²) in [6.45, 7) is 7.87. The molecule has 0 radical (unpaired) electrons. The maximum atomic E-state index is 9.01.